The molecule has 0 spiro atoms. The molecule has 1 fully saturated rings. The van der Waals surface area contributed by atoms with Crippen LogP contribution in [0.2, 0.25) is 5.02 Å². The number of halogens is 2. The second-order valence-electron chi connectivity index (χ2n) is 9.73. The number of nitrogens with one attached hydrogen (secondary N) is 2. The highest BCUT2D eigenvalue weighted by Crippen LogP contribution is 2.34. The van der Waals surface area contributed by atoms with Crippen LogP contribution in [0, 0.1) is 5.82 Å². The summed E-state index contributed by atoms with van der Waals surface area (Å²) < 4.78 is 85.3. The number of aromatic nitrogens is 2. The zero-order valence-electron chi connectivity index (χ0n) is 25.2. The fourth-order valence-corrected chi connectivity index (χ4v) is 5.29. The summed E-state index contributed by atoms with van der Waals surface area (Å²) in [6, 6.07) is 7.81. The van der Waals surface area contributed by atoms with Gasteiger partial charge in [0.25, 0.3) is 0 Å². The molecule has 16 nitrogen and oxygen atoms in total. The molecule has 0 atom stereocenters. The fraction of sp³-hybridized carbons (Fsp3) is 0.370. The molecule has 1 aromatic heterocycles. The van der Waals surface area contributed by atoms with Crippen LogP contribution < -0.4 is 15.4 Å². The van der Waals surface area contributed by atoms with Crippen molar-refractivity contribution in [2.24, 2.45) is 0 Å². The lowest BCUT2D eigenvalue weighted by atomic mass is 10.0. The van der Waals surface area contributed by atoms with Gasteiger partial charge in [0.2, 0.25) is 5.91 Å². The lowest BCUT2D eigenvalue weighted by Crippen LogP contribution is -2.33. The molecule has 1 aliphatic heterocycles. The van der Waals surface area contributed by atoms with Gasteiger partial charge in [-0.2, -0.15) is 16.8 Å². The van der Waals surface area contributed by atoms with E-state index in [1.54, 1.807) is 38.5 Å². The van der Waals surface area contributed by atoms with Crippen molar-refractivity contribution in [3.8, 4) is 5.75 Å². The third kappa shape index (κ3) is 13.2. The number of nitrogens with zero attached hydrogens (tertiary/aromatic N) is 3. The third-order valence-corrected chi connectivity index (χ3v) is 8.00. The second-order valence-corrected chi connectivity index (χ2v) is 12.4. The van der Waals surface area contributed by atoms with Crippen molar-refractivity contribution < 1.29 is 53.0 Å². The first-order valence-electron chi connectivity index (χ1n) is 13.7. The Morgan fingerprint density at radius 2 is 1.70 bits per heavy atom. The molecule has 1 saturated heterocycles. The number of ether oxygens (including phenoxy) is 3. The summed E-state index contributed by atoms with van der Waals surface area (Å²) in [6.45, 7) is 4.05. The number of piperidine rings is 1. The standard InChI is InChI=1S/C27H31ClFN5O4.H2O7S2/c1-36-10-9-34-7-5-18(6-8-34)13-26(35)33-24-15-20-23(16-25(24)38-12-11-37-2)30-17-31-27(20)32-19-3-4-22(29)21(28)14-19;1-8(2,3)7-9(4,5)6/h3-4,13-17H,5-12H2,1-2H3,(H,33,35)(H,30,31,32);(H,1,2,3)(H,4,5,6). The van der Waals surface area contributed by atoms with Crippen molar-refractivity contribution in [3.63, 3.8) is 0 Å². The van der Waals surface area contributed by atoms with Crippen LogP contribution in [-0.4, -0.2) is 100 Å². The van der Waals surface area contributed by atoms with Gasteiger partial charge in [-0.3, -0.25) is 13.9 Å². The van der Waals surface area contributed by atoms with Gasteiger partial charge < -0.3 is 29.7 Å². The molecule has 0 radical (unpaired) electrons. The number of likely N-dealkylation sites (tertiary alicyclic amines) is 1. The summed E-state index contributed by atoms with van der Waals surface area (Å²) >= 11 is 5.94. The van der Waals surface area contributed by atoms with Crippen LogP contribution in [0.1, 0.15) is 12.8 Å². The number of benzene rings is 2. The van der Waals surface area contributed by atoms with Crippen molar-refractivity contribution in [2.75, 3.05) is 64.3 Å². The molecule has 4 rings (SSSR count). The molecule has 2 aromatic carbocycles. The summed E-state index contributed by atoms with van der Waals surface area (Å²) in [7, 11) is -6.95. The predicted octanol–water partition coefficient (Wildman–Crippen LogP) is 3.41. The second kappa shape index (κ2) is 17.6. The summed E-state index contributed by atoms with van der Waals surface area (Å²) in [5, 5.41) is 6.75. The molecule has 4 N–H and O–H groups in total. The van der Waals surface area contributed by atoms with Crippen LogP contribution in [0.3, 0.4) is 0 Å². The van der Waals surface area contributed by atoms with Gasteiger partial charge in [0.1, 0.15) is 30.3 Å². The SMILES string of the molecule is COCCOc1cc2ncnc(Nc3ccc(F)c(Cl)c3)c2cc1NC(=O)C=C1CCN(CCOC)CC1.O=S(=O)(O)OS(=O)(=O)O. The number of fused-ring (bicyclic) bond motifs is 1. The number of carbonyl (C=O) groups excluding carboxylic acids is 1. The Morgan fingerprint density at radius 1 is 1.02 bits per heavy atom. The first-order chi connectivity index (χ1) is 22.2. The van der Waals surface area contributed by atoms with Gasteiger partial charge >= 0.3 is 20.8 Å². The normalized spacial score (nSPS) is 13.9. The minimum atomic E-state index is -5.12. The van der Waals surface area contributed by atoms with Gasteiger partial charge in [-0.1, -0.05) is 17.2 Å². The summed E-state index contributed by atoms with van der Waals surface area (Å²) in [5.74, 6) is 0.184. The molecule has 0 bridgehead atoms. The zero-order valence-corrected chi connectivity index (χ0v) is 27.6. The summed E-state index contributed by atoms with van der Waals surface area (Å²) in [4.78, 5) is 24.0. The van der Waals surface area contributed by atoms with E-state index in [1.165, 1.54) is 18.5 Å². The number of hydrogen-bond donors (Lipinski definition) is 4. The lowest BCUT2D eigenvalue weighted by molar-refractivity contribution is -0.112. The average Bonchev–Trinajstić information content (AvgIpc) is 2.98. The number of anilines is 3. The number of methoxy groups -OCH3 is 2. The molecular formula is C27H33ClFN5O11S2. The van der Waals surface area contributed by atoms with Crippen LogP contribution in [-0.2, 0) is 38.7 Å². The Labute approximate surface area is 275 Å². The van der Waals surface area contributed by atoms with Crippen LogP contribution in [0.15, 0.2) is 48.3 Å². The van der Waals surface area contributed by atoms with Crippen LogP contribution in [0.25, 0.3) is 10.9 Å². The predicted molar refractivity (Wildman–Crippen MR) is 170 cm³/mol. The van der Waals surface area contributed by atoms with Crippen molar-refractivity contribution in [3.05, 3.63) is 59.1 Å². The van der Waals surface area contributed by atoms with E-state index in [0.29, 0.717) is 53.7 Å². The van der Waals surface area contributed by atoms with Gasteiger partial charge in [-0.25, -0.2) is 14.4 Å². The fourth-order valence-electron chi connectivity index (χ4n) is 4.24. The smallest absolute Gasteiger partial charge is 0.413 e. The topological polar surface area (TPSA) is 216 Å². The van der Waals surface area contributed by atoms with E-state index >= 15 is 0 Å². The van der Waals surface area contributed by atoms with Crippen molar-refractivity contribution in [2.45, 2.75) is 12.8 Å². The minimum Gasteiger partial charge on any atom is -0.489 e. The van der Waals surface area contributed by atoms with Crippen LogP contribution in [0.5, 0.6) is 5.75 Å². The van der Waals surface area contributed by atoms with E-state index in [0.717, 1.165) is 38.0 Å². The minimum absolute atomic E-state index is 0.00675. The molecule has 258 valence electrons. The quantitative estimate of drug-likeness (QED) is 0.113. The highest BCUT2D eigenvalue weighted by molar-refractivity contribution is 7.94. The largest absolute Gasteiger partial charge is 0.489 e. The summed E-state index contributed by atoms with van der Waals surface area (Å²) in [5.41, 5.74) is 2.73. The van der Waals surface area contributed by atoms with E-state index in [1.807, 2.05) is 0 Å². The van der Waals surface area contributed by atoms with Gasteiger partial charge in [-0.05, 0) is 37.1 Å². The Morgan fingerprint density at radius 3 is 2.30 bits per heavy atom. The maximum Gasteiger partial charge on any atom is 0.413 e. The average molecular weight is 722 g/mol. The Balaban J connectivity index is 0.000000584. The van der Waals surface area contributed by atoms with Crippen LogP contribution >= 0.6 is 11.6 Å². The van der Waals surface area contributed by atoms with Gasteiger partial charge in [-0.15, -0.1) is 3.63 Å². The van der Waals surface area contributed by atoms with Crippen LogP contribution in [0.4, 0.5) is 21.6 Å². The van der Waals surface area contributed by atoms with Crippen molar-refractivity contribution in [1.29, 1.82) is 0 Å². The molecule has 2 heterocycles. The lowest BCUT2D eigenvalue weighted by Gasteiger charge is -2.27. The highest BCUT2D eigenvalue weighted by atomic mass is 35.5. The molecule has 0 aliphatic carbocycles. The molecule has 1 amide bonds. The van der Waals surface area contributed by atoms with Gasteiger partial charge in [0.05, 0.1) is 29.4 Å². The van der Waals surface area contributed by atoms with E-state index in [-0.39, 0.29) is 10.9 Å². The number of rotatable bonds is 13. The molecule has 1 aliphatic rings. The molecular weight excluding hydrogens is 689 g/mol. The van der Waals surface area contributed by atoms with Gasteiger partial charge in [0.15, 0.2) is 0 Å². The Hall–Kier alpha value is -3.53. The van der Waals surface area contributed by atoms with Crippen molar-refractivity contribution in [1.82, 2.24) is 14.9 Å². The maximum atomic E-state index is 13.6. The first-order valence-corrected chi connectivity index (χ1v) is 16.8. The molecule has 20 heteroatoms. The van der Waals surface area contributed by atoms with E-state index in [2.05, 4.69) is 29.1 Å². The monoisotopic (exact) mass is 721 g/mol. The Kier molecular flexibility index (Phi) is 14.2. The first kappa shape index (κ1) is 37.9. The molecule has 3 aromatic rings. The highest BCUT2D eigenvalue weighted by Gasteiger charge is 2.18. The van der Waals surface area contributed by atoms with E-state index in [4.69, 9.17) is 34.9 Å². The zero-order chi connectivity index (χ0) is 34.6. The molecule has 0 saturated carbocycles. The third-order valence-electron chi connectivity index (χ3n) is 6.34. The maximum absolute atomic E-state index is 13.6. The number of hydrogen-bond acceptors (Lipinski definition) is 13. The van der Waals surface area contributed by atoms with E-state index in [9.17, 15) is 26.0 Å². The number of carbonyl (C=O) groups is 1. The number of amides is 1. The van der Waals surface area contributed by atoms with Gasteiger partial charge in [0, 0.05) is 57.1 Å². The summed E-state index contributed by atoms with van der Waals surface area (Å²) in [6.07, 6.45) is 4.73. The molecule has 0 unspecified atom stereocenters. The Bertz CT molecular complexity index is 1760. The molecule has 47 heavy (non-hydrogen) atoms. The van der Waals surface area contributed by atoms with E-state index < -0.39 is 26.6 Å². The van der Waals surface area contributed by atoms with Crippen molar-refractivity contribution >= 4 is 66.4 Å².